The van der Waals surface area contributed by atoms with Crippen molar-refractivity contribution in [1.82, 2.24) is 10.6 Å². The first-order valence-electron chi connectivity index (χ1n) is 10.9. The predicted molar refractivity (Wildman–Crippen MR) is 126 cm³/mol. The first-order valence-corrected chi connectivity index (χ1v) is 10.9. The number of amides is 2. The molecule has 33 heavy (non-hydrogen) atoms. The zero-order valence-electron chi connectivity index (χ0n) is 19.3. The molecule has 2 N–H and O–H groups in total. The average Bonchev–Trinajstić information content (AvgIpc) is 3.13. The van der Waals surface area contributed by atoms with E-state index in [2.05, 4.69) is 16.7 Å². The maximum Gasteiger partial charge on any atom is 0.251 e. The Labute approximate surface area is 194 Å². The summed E-state index contributed by atoms with van der Waals surface area (Å²) < 4.78 is 10.9. The first kappa shape index (κ1) is 24.2. The van der Waals surface area contributed by atoms with Crippen LogP contribution in [0.4, 0.5) is 5.69 Å². The summed E-state index contributed by atoms with van der Waals surface area (Å²) in [5.74, 6) is 0.345. The highest BCUT2D eigenvalue weighted by Crippen LogP contribution is 2.33. The molecule has 0 radical (unpaired) electrons. The van der Waals surface area contributed by atoms with Gasteiger partial charge in [-0.3, -0.25) is 9.59 Å². The Morgan fingerprint density at radius 3 is 2.82 bits per heavy atom. The van der Waals surface area contributed by atoms with Crippen LogP contribution in [0.3, 0.4) is 0 Å². The second kappa shape index (κ2) is 11.5. The van der Waals surface area contributed by atoms with Gasteiger partial charge in [0, 0.05) is 26.6 Å². The highest BCUT2D eigenvalue weighted by atomic mass is 16.5. The summed E-state index contributed by atoms with van der Waals surface area (Å²) in [5, 5.41) is 15.6. The van der Waals surface area contributed by atoms with Crippen LogP contribution >= 0.6 is 0 Å². The molecule has 1 aliphatic rings. The number of nitrogens with zero attached hydrogens (tertiary/aromatic N) is 2. The van der Waals surface area contributed by atoms with Gasteiger partial charge < -0.3 is 25.0 Å². The number of carbonyl (C=O) groups is 2. The summed E-state index contributed by atoms with van der Waals surface area (Å²) in [6.45, 7) is 3.77. The molecule has 8 nitrogen and oxygen atoms in total. The molecular weight excluding hydrogens is 420 g/mol. The quantitative estimate of drug-likeness (QED) is 0.598. The molecule has 1 heterocycles. The Bertz CT molecular complexity index is 1030. The van der Waals surface area contributed by atoms with Gasteiger partial charge in [-0.25, -0.2) is 0 Å². The number of nitriles is 1. The number of nitrogens with one attached hydrogen (secondary N) is 2. The first-order chi connectivity index (χ1) is 16.0. The van der Waals surface area contributed by atoms with E-state index in [9.17, 15) is 14.9 Å². The fourth-order valence-electron chi connectivity index (χ4n) is 3.80. The van der Waals surface area contributed by atoms with Crippen molar-refractivity contribution in [2.75, 3.05) is 38.8 Å². The van der Waals surface area contributed by atoms with Crippen LogP contribution in [0.2, 0.25) is 0 Å². The Morgan fingerprint density at radius 2 is 2.12 bits per heavy atom. The van der Waals surface area contributed by atoms with Gasteiger partial charge in [0.25, 0.3) is 5.91 Å². The molecule has 3 rings (SSSR count). The SMILES string of the molecule is COc1ccc(-c2ccc(CC(C#N)NC(=O)C3CNCCCO3)c(C)c2)cc1N(C)C=O. The van der Waals surface area contributed by atoms with Crippen molar-refractivity contribution >= 4 is 18.0 Å². The smallest absolute Gasteiger partial charge is 0.251 e. The minimum atomic E-state index is -0.650. The van der Waals surface area contributed by atoms with Crippen LogP contribution < -0.4 is 20.3 Å². The normalized spacial score (nSPS) is 16.7. The third kappa shape index (κ3) is 6.09. The molecule has 2 aromatic carbocycles. The molecule has 2 unspecified atom stereocenters. The second-order valence-electron chi connectivity index (χ2n) is 8.06. The molecule has 174 valence electrons. The van der Waals surface area contributed by atoms with Crippen molar-refractivity contribution in [3.63, 3.8) is 0 Å². The third-order valence-electron chi connectivity index (χ3n) is 5.73. The predicted octanol–water partition coefficient (Wildman–Crippen LogP) is 2.19. The Balaban J connectivity index is 1.74. The van der Waals surface area contributed by atoms with Gasteiger partial charge in [-0.05, 0) is 54.3 Å². The second-order valence-corrected chi connectivity index (χ2v) is 8.06. The van der Waals surface area contributed by atoms with Gasteiger partial charge in [0.15, 0.2) is 0 Å². The van der Waals surface area contributed by atoms with Crippen molar-refractivity contribution in [3.05, 3.63) is 47.5 Å². The van der Waals surface area contributed by atoms with Crippen LogP contribution in [0.15, 0.2) is 36.4 Å². The maximum atomic E-state index is 12.5. The summed E-state index contributed by atoms with van der Waals surface area (Å²) in [4.78, 5) is 25.3. The monoisotopic (exact) mass is 450 g/mol. The molecule has 2 amide bonds. The minimum Gasteiger partial charge on any atom is -0.495 e. The topological polar surface area (TPSA) is 104 Å². The largest absolute Gasteiger partial charge is 0.495 e. The summed E-state index contributed by atoms with van der Waals surface area (Å²) in [5.41, 5.74) is 4.58. The van der Waals surface area contributed by atoms with Crippen molar-refractivity contribution in [1.29, 1.82) is 5.26 Å². The Kier molecular flexibility index (Phi) is 8.41. The molecule has 0 spiro atoms. The van der Waals surface area contributed by atoms with Gasteiger partial charge in [0.05, 0.1) is 18.9 Å². The van der Waals surface area contributed by atoms with E-state index >= 15 is 0 Å². The van der Waals surface area contributed by atoms with E-state index in [1.54, 1.807) is 14.2 Å². The lowest BCUT2D eigenvalue weighted by Gasteiger charge is -2.19. The summed E-state index contributed by atoms with van der Waals surface area (Å²) in [6, 6.07) is 13.2. The summed E-state index contributed by atoms with van der Waals surface area (Å²) in [6.07, 6.45) is 1.41. The van der Waals surface area contributed by atoms with E-state index in [0.29, 0.717) is 31.0 Å². The van der Waals surface area contributed by atoms with Gasteiger partial charge in [-0.15, -0.1) is 0 Å². The van der Waals surface area contributed by atoms with E-state index in [-0.39, 0.29) is 5.91 Å². The summed E-state index contributed by atoms with van der Waals surface area (Å²) in [7, 11) is 3.24. The van der Waals surface area contributed by atoms with Crippen molar-refractivity contribution < 1.29 is 19.1 Å². The van der Waals surface area contributed by atoms with E-state index < -0.39 is 12.1 Å². The lowest BCUT2D eigenvalue weighted by Crippen LogP contribution is -2.46. The number of aryl methyl sites for hydroxylation is 1. The highest BCUT2D eigenvalue weighted by Gasteiger charge is 2.23. The van der Waals surface area contributed by atoms with E-state index in [4.69, 9.17) is 9.47 Å². The van der Waals surface area contributed by atoms with Crippen molar-refractivity contribution in [3.8, 4) is 22.9 Å². The molecule has 0 saturated carbocycles. The molecule has 2 atom stereocenters. The number of carbonyl (C=O) groups excluding carboxylic acids is 2. The molecule has 1 saturated heterocycles. The molecule has 2 aromatic rings. The molecular formula is C25H30N4O4. The number of anilines is 1. The Morgan fingerprint density at radius 1 is 1.36 bits per heavy atom. The van der Waals surface area contributed by atoms with Crippen molar-refractivity contribution in [2.45, 2.75) is 31.9 Å². The number of methoxy groups -OCH3 is 1. The third-order valence-corrected chi connectivity index (χ3v) is 5.73. The van der Waals surface area contributed by atoms with Crippen LogP contribution in [-0.2, 0) is 20.7 Å². The van der Waals surface area contributed by atoms with Crippen LogP contribution in [0, 0.1) is 18.3 Å². The molecule has 8 heteroatoms. The number of benzene rings is 2. The Hall–Kier alpha value is -3.41. The molecule has 0 bridgehead atoms. The van der Waals surface area contributed by atoms with Crippen LogP contribution in [0.5, 0.6) is 5.75 Å². The highest BCUT2D eigenvalue weighted by molar-refractivity contribution is 5.82. The van der Waals surface area contributed by atoms with E-state index in [0.717, 1.165) is 41.6 Å². The van der Waals surface area contributed by atoms with E-state index in [1.165, 1.54) is 4.90 Å². The standard InChI is InChI=1S/C25H30N4O4/c1-17-11-19(20-7-8-23(32-3)22(13-20)29(2)16-30)6-5-18(17)12-21(14-26)28-25(31)24-15-27-9-4-10-33-24/h5-8,11,13,16,21,24,27H,4,9-10,12,15H2,1-3H3,(H,28,31). The van der Waals surface area contributed by atoms with Gasteiger partial charge >= 0.3 is 0 Å². The zero-order valence-corrected chi connectivity index (χ0v) is 19.3. The average molecular weight is 451 g/mol. The fourth-order valence-corrected chi connectivity index (χ4v) is 3.80. The van der Waals surface area contributed by atoms with Gasteiger partial charge in [-0.1, -0.05) is 24.3 Å². The fraction of sp³-hybridized carbons (Fsp3) is 0.400. The van der Waals surface area contributed by atoms with Gasteiger partial charge in [0.1, 0.15) is 17.9 Å². The number of rotatable bonds is 8. The molecule has 1 aliphatic heterocycles. The number of ether oxygens (including phenoxy) is 2. The lowest BCUT2D eigenvalue weighted by molar-refractivity contribution is -0.132. The van der Waals surface area contributed by atoms with Crippen LogP contribution in [0.25, 0.3) is 11.1 Å². The van der Waals surface area contributed by atoms with Crippen LogP contribution in [0.1, 0.15) is 17.5 Å². The molecule has 1 fully saturated rings. The zero-order chi connectivity index (χ0) is 23.8. The lowest BCUT2D eigenvalue weighted by atomic mass is 9.96. The van der Waals surface area contributed by atoms with E-state index in [1.807, 2.05) is 43.3 Å². The maximum absolute atomic E-state index is 12.5. The summed E-state index contributed by atoms with van der Waals surface area (Å²) >= 11 is 0. The molecule has 0 aromatic heterocycles. The van der Waals surface area contributed by atoms with Gasteiger partial charge in [0.2, 0.25) is 6.41 Å². The minimum absolute atomic E-state index is 0.268. The molecule has 0 aliphatic carbocycles. The number of hydrogen-bond donors (Lipinski definition) is 2. The van der Waals surface area contributed by atoms with Gasteiger partial charge in [-0.2, -0.15) is 5.26 Å². The number of hydrogen-bond acceptors (Lipinski definition) is 6. The van der Waals surface area contributed by atoms with Crippen LogP contribution in [-0.4, -0.2) is 58.3 Å². The van der Waals surface area contributed by atoms with Crippen molar-refractivity contribution in [2.24, 2.45) is 0 Å².